The minimum absolute atomic E-state index is 0.0984. The molecule has 0 bridgehead atoms. The quantitative estimate of drug-likeness (QED) is 0.618. The third-order valence-electron chi connectivity index (χ3n) is 1.94. The molecule has 12 heavy (non-hydrogen) atoms. The second-order valence-electron chi connectivity index (χ2n) is 2.71. The van der Waals surface area contributed by atoms with Gasteiger partial charge in [0.25, 0.3) is 0 Å². The van der Waals surface area contributed by atoms with Crippen LogP contribution < -0.4 is 0 Å². The van der Waals surface area contributed by atoms with Gasteiger partial charge in [0.05, 0.1) is 4.83 Å². The van der Waals surface area contributed by atoms with Crippen LogP contribution in [0.5, 0.6) is 0 Å². The molecular weight excluding hydrogens is 216 g/mol. The lowest BCUT2D eigenvalue weighted by atomic mass is 9.96. The van der Waals surface area contributed by atoms with Crippen molar-refractivity contribution in [3.8, 4) is 0 Å². The van der Waals surface area contributed by atoms with E-state index in [1.807, 2.05) is 30.3 Å². The van der Waals surface area contributed by atoms with Crippen molar-refractivity contribution in [2.45, 2.75) is 4.83 Å². The van der Waals surface area contributed by atoms with Gasteiger partial charge in [-0.25, -0.2) is 0 Å². The van der Waals surface area contributed by atoms with Gasteiger partial charge in [-0.2, -0.15) is 0 Å². The van der Waals surface area contributed by atoms with Gasteiger partial charge in [-0.3, -0.25) is 4.79 Å². The summed E-state index contributed by atoms with van der Waals surface area (Å²) >= 11 is 3.48. The van der Waals surface area contributed by atoms with E-state index < -0.39 is 0 Å². The molecule has 0 fully saturated rings. The average molecular weight is 223 g/mol. The molecular formula is C10H7BrO. The summed E-state index contributed by atoms with van der Waals surface area (Å²) in [7, 11) is 0. The monoisotopic (exact) mass is 222 g/mol. The van der Waals surface area contributed by atoms with E-state index in [0.29, 0.717) is 0 Å². The molecule has 0 heterocycles. The van der Waals surface area contributed by atoms with Crippen LogP contribution in [0.25, 0.3) is 0 Å². The molecule has 1 aliphatic rings. The number of fused-ring (bicyclic) bond motifs is 1. The van der Waals surface area contributed by atoms with E-state index in [-0.39, 0.29) is 10.6 Å². The largest absolute Gasteiger partial charge is 0.289 e. The first-order valence-corrected chi connectivity index (χ1v) is 4.66. The molecule has 1 unspecified atom stereocenters. The highest BCUT2D eigenvalue weighted by molar-refractivity contribution is 9.09. The number of alkyl halides is 1. The second-order valence-corrected chi connectivity index (χ2v) is 3.70. The number of carbonyl (C=O) groups excluding carboxylic acids is 1. The van der Waals surface area contributed by atoms with Crippen molar-refractivity contribution in [1.82, 2.24) is 0 Å². The molecule has 2 rings (SSSR count). The first-order valence-electron chi connectivity index (χ1n) is 3.74. The molecule has 0 aromatic heterocycles. The zero-order valence-corrected chi connectivity index (χ0v) is 7.91. The Morgan fingerprint density at radius 3 is 2.75 bits per heavy atom. The normalized spacial score (nSPS) is 20.8. The Morgan fingerprint density at radius 2 is 2.00 bits per heavy atom. The molecule has 0 saturated heterocycles. The van der Waals surface area contributed by atoms with Crippen molar-refractivity contribution >= 4 is 21.7 Å². The molecule has 0 N–H and O–H groups in total. The van der Waals surface area contributed by atoms with Crippen LogP contribution in [0.15, 0.2) is 36.4 Å². The predicted molar refractivity (Wildman–Crippen MR) is 51.6 cm³/mol. The highest BCUT2D eigenvalue weighted by Crippen LogP contribution is 2.30. The number of carbonyl (C=O) groups is 1. The lowest BCUT2D eigenvalue weighted by Gasteiger charge is -2.13. The van der Waals surface area contributed by atoms with Crippen LogP contribution in [-0.2, 0) is 0 Å². The molecule has 0 aliphatic heterocycles. The van der Waals surface area contributed by atoms with Crippen LogP contribution in [0.1, 0.15) is 20.7 Å². The summed E-state index contributed by atoms with van der Waals surface area (Å²) in [6.07, 6.45) is 3.48. The number of benzene rings is 1. The van der Waals surface area contributed by atoms with Crippen LogP contribution in [0.4, 0.5) is 0 Å². The van der Waals surface area contributed by atoms with E-state index >= 15 is 0 Å². The topological polar surface area (TPSA) is 17.1 Å². The number of rotatable bonds is 0. The van der Waals surface area contributed by atoms with Gasteiger partial charge in [-0.15, -0.1) is 0 Å². The summed E-state index contributed by atoms with van der Waals surface area (Å²) in [6, 6.07) is 7.65. The van der Waals surface area contributed by atoms with Crippen LogP contribution >= 0.6 is 15.9 Å². The first-order chi connectivity index (χ1) is 5.79. The maximum atomic E-state index is 11.3. The van der Waals surface area contributed by atoms with Crippen molar-refractivity contribution in [3.63, 3.8) is 0 Å². The third kappa shape index (κ3) is 1.12. The standard InChI is InChI=1S/C10H7BrO/c11-9-5-6-10(12)8-4-2-1-3-7(8)9/h1-6,9H. The number of allylic oxidation sites excluding steroid dienone is 2. The second kappa shape index (κ2) is 2.87. The van der Waals surface area contributed by atoms with Crippen molar-refractivity contribution in [2.24, 2.45) is 0 Å². The predicted octanol–water partition coefficient (Wildman–Crippen LogP) is 2.88. The van der Waals surface area contributed by atoms with E-state index in [9.17, 15) is 4.79 Å². The van der Waals surface area contributed by atoms with Gasteiger partial charge in [0.1, 0.15) is 0 Å². The van der Waals surface area contributed by atoms with Gasteiger partial charge in [-0.05, 0) is 11.6 Å². The Labute approximate surface area is 79.2 Å². The van der Waals surface area contributed by atoms with E-state index in [0.717, 1.165) is 11.1 Å². The maximum absolute atomic E-state index is 11.3. The maximum Gasteiger partial charge on any atom is 0.185 e. The minimum atomic E-state index is 0.0984. The molecule has 60 valence electrons. The molecule has 2 heteroatoms. The highest BCUT2D eigenvalue weighted by atomic mass is 79.9. The molecule has 1 aromatic rings. The fourth-order valence-electron chi connectivity index (χ4n) is 1.33. The van der Waals surface area contributed by atoms with E-state index in [1.165, 1.54) is 0 Å². The summed E-state index contributed by atoms with van der Waals surface area (Å²) < 4.78 is 0. The summed E-state index contributed by atoms with van der Waals surface area (Å²) in [6.45, 7) is 0. The van der Waals surface area contributed by atoms with Gasteiger partial charge in [0.15, 0.2) is 5.78 Å². The summed E-state index contributed by atoms with van der Waals surface area (Å²) in [5.74, 6) is 0.0984. The molecule has 0 spiro atoms. The molecule has 1 atom stereocenters. The molecule has 1 aromatic carbocycles. The molecule has 0 saturated carbocycles. The number of hydrogen-bond donors (Lipinski definition) is 0. The Kier molecular flexibility index (Phi) is 1.85. The smallest absolute Gasteiger partial charge is 0.185 e. The van der Waals surface area contributed by atoms with Crippen molar-refractivity contribution in [3.05, 3.63) is 47.5 Å². The van der Waals surface area contributed by atoms with Gasteiger partial charge < -0.3 is 0 Å². The van der Waals surface area contributed by atoms with E-state index in [4.69, 9.17) is 0 Å². The van der Waals surface area contributed by atoms with Gasteiger partial charge in [0, 0.05) is 5.56 Å². The van der Waals surface area contributed by atoms with Crippen molar-refractivity contribution in [1.29, 1.82) is 0 Å². The molecule has 1 nitrogen and oxygen atoms in total. The number of ketones is 1. The zero-order chi connectivity index (χ0) is 8.55. The highest BCUT2D eigenvalue weighted by Gasteiger charge is 2.17. The minimum Gasteiger partial charge on any atom is -0.289 e. The molecule has 1 aliphatic carbocycles. The van der Waals surface area contributed by atoms with E-state index in [1.54, 1.807) is 6.08 Å². The SMILES string of the molecule is O=C1C=CC(Br)c2ccccc21. The molecule has 0 radical (unpaired) electrons. The first kappa shape index (κ1) is 7.74. The fourth-order valence-corrected chi connectivity index (χ4v) is 1.88. The lowest BCUT2D eigenvalue weighted by molar-refractivity contribution is 0.104. The summed E-state index contributed by atoms with van der Waals surface area (Å²) in [4.78, 5) is 11.5. The number of halogens is 1. The Balaban J connectivity index is 2.61. The Morgan fingerprint density at radius 1 is 1.25 bits per heavy atom. The van der Waals surface area contributed by atoms with Crippen LogP contribution in [0.3, 0.4) is 0 Å². The van der Waals surface area contributed by atoms with Gasteiger partial charge in [-0.1, -0.05) is 46.3 Å². The Hall–Kier alpha value is -0.890. The molecule has 0 amide bonds. The van der Waals surface area contributed by atoms with Crippen LogP contribution in [-0.4, -0.2) is 5.78 Å². The van der Waals surface area contributed by atoms with Crippen LogP contribution in [0, 0.1) is 0 Å². The van der Waals surface area contributed by atoms with E-state index in [2.05, 4.69) is 15.9 Å². The van der Waals surface area contributed by atoms with Crippen molar-refractivity contribution < 1.29 is 4.79 Å². The summed E-state index contributed by atoms with van der Waals surface area (Å²) in [5, 5.41) is 0. The van der Waals surface area contributed by atoms with Gasteiger partial charge >= 0.3 is 0 Å². The lowest BCUT2D eigenvalue weighted by Crippen LogP contribution is -2.06. The fraction of sp³-hybridized carbons (Fsp3) is 0.100. The number of hydrogen-bond acceptors (Lipinski definition) is 1. The van der Waals surface area contributed by atoms with Crippen molar-refractivity contribution in [2.75, 3.05) is 0 Å². The van der Waals surface area contributed by atoms with Gasteiger partial charge in [0.2, 0.25) is 0 Å². The third-order valence-corrected chi connectivity index (χ3v) is 2.74. The average Bonchev–Trinajstić information content (AvgIpc) is 2.12. The zero-order valence-electron chi connectivity index (χ0n) is 6.33. The Bertz CT molecular complexity index is 355. The summed E-state index contributed by atoms with van der Waals surface area (Å²) in [5.41, 5.74) is 1.87. The van der Waals surface area contributed by atoms with Crippen LogP contribution in [0.2, 0.25) is 0 Å².